The summed E-state index contributed by atoms with van der Waals surface area (Å²) in [5, 5.41) is 3.85. The molecule has 14 heavy (non-hydrogen) atoms. The molecular formula is C7H8ClN3O2S. The van der Waals surface area contributed by atoms with Crippen molar-refractivity contribution < 1.29 is 9.63 Å². The molecule has 1 rings (SSSR count). The van der Waals surface area contributed by atoms with E-state index in [9.17, 15) is 4.79 Å². The van der Waals surface area contributed by atoms with Crippen LogP contribution in [0.4, 0.5) is 5.13 Å². The minimum atomic E-state index is 0.0461. The molecule has 0 aliphatic heterocycles. The highest BCUT2D eigenvalue weighted by Crippen LogP contribution is 2.25. The van der Waals surface area contributed by atoms with Crippen molar-refractivity contribution in [2.24, 2.45) is 5.16 Å². The number of hydrogen-bond donors (Lipinski definition) is 1. The minimum absolute atomic E-state index is 0.0461. The van der Waals surface area contributed by atoms with Crippen LogP contribution < -0.4 is 5.73 Å². The van der Waals surface area contributed by atoms with Crippen LogP contribution in [0.5, 0.6) is 0 Å². The molecule has 5 nitrogen and oxygen atoms in total. The van der Waals surface area contributed by atoms with E-state index < -0.39 is 0 Å². The van der Waals surface area contributed by atoms with Crippen molar-refractivity contribution in [3.63, 3.8) is 0 Å². The van der Waals surface area contributed by atoms with E-state index in [0.717, 1.165) is 11.3 Å². The third kappa shape index (κ3) is 2.43. The summed E-state index contributed by atoms with van der Waals surface area (Å²) in [6.07, 6.45) is 0.524. The average Bonchev–Trinajstić information content (AvgIpc) is 2.47. The van der Waals surface area contributed by atoms with Gasteiger partial charge in [-0.15, -0.1) is 0 Å². The number of anilines is 1. The maximum absolute atomic E-state index is 10.6. The van der Waals surface area contributed by atoms with E-state index >= 15 is 0 Å². The highest BCUT2D eigenvalue weighted by molar-refractivity contribution is 7.19. The van der Waals surface area contributed by atoms with Gasteiger partial charge in [-0.3, -0.25) is 4.79 Å². The molecule has 1 heterocycles. The molecule has 0 unspecified atom stereocenters. The molecule has 0 aliphatic rings. The predicted molar refractivity (Wildman–Crippen MR) is 55.8 cm³/mol. The number of oxime groups is 1. The standard InChI is InChI=1S/C7H8ClN3O2S/c1-2-13-11-4(3-12)5-6(8)14-7(9)10-5/h3H,2H2,1H3,(H2,9,10)/b11-4+. The molecule has 76 valence electrons. The molecule has 0 fully saturated rings. The van der Waals surface area contributed by atoms with E-state index in [1.807, 2.05) is 0 Å². The summed E-state index contributed by atoms with van der Waals surface area (Å²) in [6.45, 7) is 2.12. The lowest BCUT2D eigenvalue weighted by Crippen LogP contribution is -2.05. The molecule has 2 N–H and O–H groups in total. The van der Waals surface area contributed by atoms with Crippen molar-refractivity contribution in [3.05, 3.63) is 10.0 Å². The van der Waals surface area contributed by atoms with Crippen molar-refractivity contribution in [3.8, 4) is 0 Å². The number of thiazole rings is 1. The van der Waals surface area contributed by atoms with Gasteiger partial charge in [0.25, 0.3) is 0 Å². The molecule has 1 aromatic heterocycles. The topological polar surface area (TPSA) is 77.6 Å². The molecule has 0 radical (unpaired) electrons. The van der Waals surface area contributed by atoms with Crippen LogP contribution in [0.25, 0.3) is 0 Å². The van der Waals surface area contributed by atoms with E-state index in [-0.39, 0.29) is 16.5 Å². The zero-order valence-electron chi connectivity index (χ0n) is 7.36. The quantitative estimate of drug-likeness (QED) is 0.483. The Kier molecular flexibility index (Phi) is 3.84. The largest absolute Gasteiger partial charge is 0.395 e. The Morgan fingerprint density at radius 3 is 3.00 bits per heavy atom. The smallest absolute Gasteiger partial charge is 0.182 e. The zero-order chi connectivity index (χ0) is 10.6. The maximum atomic E-state index is 10.6. The first-order valence-electron chi connectivity index (χ1n) is 3.76. The van der Waals surface area contributed by atoms with Crippen molar-refractivity contribution in [1.82, 2.24) is 4.98 Å². The van der Waals surface area contributed by atoms with Crippen molar-refractivity contribution in [2.75, 3.05) is 12.3 Å². The SMILES string of the molecule is CCO/N=C(\C=O)c1nc(N)sc1Cl. The third-order valence-corrected chi connectivity index (χ3v) is 2.33. The molecule has 1 aromatic rings. The normalized spacial score (nSPS) is 11.4. The van der Waals surface area contributed by atoms with Crippen molar-refractivity contribution in [2.45, 2.75) is 6.92 Å². The summed E-state index contributed by atoms with van der Waals surface area (Å²) in [7, 11) is 0. The number of rotatable bonds is 4. The minimum Gasteiger partial charge on any atom is -0.395 e. The Morgan fingerprint density at radius 1 is 1.86 bits per heavy atom. The second kappa shape index (κ2) is 4.92. The fourth-order valence-corrected chi connectivity index (χ4v) is 1.67. The Bertz CT molecular complexity index is 364. The molecule has 0 aliphatic carbocycles. The van der Waals surface area contributed by atoms with Crippen LogP contribution in [-0.4, -0.2) is 23.6 Å². The van der Waals surface area contributed by atoms with E-state index in [2.05, 4.69) is 10.1 Å². The molecule has 0 bridgehead atoms. The van der Waals surface area contributed by atoms with Gasteiger partial charge in [0.1, 0.15) is 16.6 Å². The number of halogens is 1. The van der Waals surface area contributed by atoms with Crippen LogP contribution in [0.2, 0.25) is 4.34 Å². The third-order valence-electron chi connectivity index (χ3n) is 1.25. The van der Waals surface area contributed by atoms with Gasteiger partial charge in [-0.25, -0.2) is 4.98 Å². The molecule has 0 amide bonds. The molecule has 0 saturated heterocycles. The molecule has 0 saturated carbocycles. The first-order chi connectivity index (χ1) is 6.69. The van der Waals surface area contributed by atoms with E-state index in [1.54, 1.807) is 6.92 Å². The highest BCUT2D eigenvalue weighted by Gasteiger charge is 2.13. The molecule has 7 heteroatoms. The molecular weight excluding hydrogens is 226 g/mol. The predicted octanol–water partition coefficient (Wildman–Crippen LogP) is 1.32. The average molecular weight is 234 g/mol. The van der Waals surface area contributed by atoms with Crippen LogP contribution in [0.15, 0.2) is 5.16 Å². The lowest BCUT2D eigenvalue weighted by Gasteiger charge is -1.95. The summed E-state index contributed by atoms with van der Waals surface area (Å²) < 4.78 is 0.327. The lowest BCUT2D eigenvalue weighted by molar-refractivity contribution is -0.102. The molecule has 0 spiro atoms. The maximum Gasteiger partial charge on any atom is 0.182 e. The van der Waals surface area contributed by atoms with Gasteiger partial charge in [0, 0.05) is 0 Å². The number of carbonyl (C=O) groups excluding carboxylic acids is 1. The van der Waals surface area contributed by atoms with Crippen LogP contribution in [0.1, 0.15) is 12.6 Å². The van der Waals surface area contributed by atoms with Crippen molar-refractivity contribution >= 4 is 40.1 Å². The number of aromatic nitrogens is 1. The Hall–Kier alpha value is -1.14. The van der Waals surface area contributed by atoms with Crippen LogP contribution >= 0.6 is 22.9 Å². The lowest BCUT2D eigenvalue weighted by atomic mass is 10.3. The first-order valence-corrected chi connectivity index (χ1v) is 4.95. The van der Waals surface area contributed by atoms with E-state index in [4.69, 9.17) is 22.2 Å². The number of nitrogens with two attached hydrogens (primary N) is 1. The first kappa shape index (κ1) is 10.9. The Morgan fingerprint density at radius 2 is 2.57 bits per heavy atom. The molecule has 0 aromatic carbocycles. The van der Waals surface area contributed by atoms with Gasteiger partial charge in [-0.2, -0.15) is 0 Å². The number of nitrogens with zero attached hydrogens (tertiary/aromatic N) is 2. The molecule has 0 atom stereocenters. The summed E-state index contributed by atoms with van der Waals surface area (Å²) in [5.41, 5.74) is 5.72. The van der Waals surface area contributed by atoms with Gasteiger partial charge in [-0.1, -0.05) is 28.1 Å². The van der Waals surface area contributed by atoms with Gasteiger partial charge in [-0.05, 0) is 6.92 Å². The fraction of sp³-hybridized carbons (Fsp3) is 0.286. The number of nitrogen functional groups attached to an aromatic ring is 1. The fourth-order valence-electron chi connectivity index (χ4n) is 0.730. The Balaban J connectivity index is 3.00. The van der Waals surface area contributed by atoms with Crippen molar-refractivity contribution in [1.29, 1.82) is 0 Å². The second-order valence-electron chi connectivity index (χ2n) is 2.19. The van der Waals surface area contributed by atoms with E-state index in [0.29, 0.717) is 17.2 Å². The van der Waals surface area contributed by atoms with Crippen LogP contribution in [0, 0.1) is 0 Å². The number of aldehydes is 1. The van der Waals surface area contributed by atoms with Crippen LogP contribution in [0.3, 0.4) is 0 Å². The monoisotopic (exact) mass is 233 g/mol. The number of carbonyl (C=O) groups is 1. The Labute approximate surface area is 89.5 Å². The number of hydrogen-bond acceptors (Lipinski definition) is 6. The van der Waals surface area contributed by atoms with Crippen LogP contribution in [-0.2, 0) is 9.63 Å². The summed E-state index contributed by atoms with van der Waals surface area (Å²) in [5.74, 6) is 0. The zero-order valence-corrected chi connectivity index (χ0v) is 8.93. The summed E-state index contributed by atoms with van der Waals surface area (Å²) in [4.78, 5) is 19.2. The van der Waals surface area contributed by atoms with Gasteiger partial charge in [0.2, 0.25) is 0 Å². The van der Waals surface area contributed by atoms with Gasteiger partial charge < -0.3 is 10.6 Å². The highest BCUT2D eigenvalue weighted by atomic mass is 35.5. The second-order valence-corrected chi connectivity index (χ2v) is 3.82. The van der Waals surface area contributed by atoms with Gasteiger partial charge >= 0.3 is 0 Å². The summed E-state index contributed by atoms with van der Waals surface area (Å²) in [6, 6.07) is 0. The van der Waals surface area contributed by atoms with Gasteiger partial charge in [0.05, 0.1) is 0 Å². The van der Waals surface area contributed by atoms with Gasteiger partial charge in [0.15, 0.2) is 17.1 Å². The van der Waals surface area contributed by atoms with E-state index in [1.165, 1.54) is 0 Å². The summed E-state index contributed by atoms with van der Waals surface area (Å²) >= 11 is 6.86.